The zero-order valence-corrected chi connectivity index (χ0v) is 23.8. The minimum absolute atomic E-state index is 0. The third-order valence-corrected chi connectivity index (χ3v) is 9.14. The Morgan fingerprint density at radius 1 is 1.14 bits per heavy atom. The molecule has 0 unspecified atom stereocenters. The normalized spacial score (nSPS) is 18.6. The monoisotopic (exact) mass is 602 g/mol. The van der Waals surface area contributed by atoms with Crippen molar-refractivity contribution in [1.29, 1.82) is 0 Å². The van der Waals surface area contributed by atoms with Gasteiger partial charge in [0.05, 0.1) is 22.5 Å². The number of hydrogen-bond acceptors (Lipinski definition) is 7. The molecule has 228 valence electrons. The Labute approximate surface area is 252 Å². The van der Waals surface area contributed by atoms with Crippen LogP contribution in [0.15, 0.2) is 35.5 Å². The average molecular weight is 603 g/mol. The van der Waals surface area contributed by atoms with Crippen LogP contribution in [-0.2, 0) is 18.3 Å². The molecule has 0 saturated carbocycles. The maximum atomic E-state index is 15.8. The van der Waals surface area contributed by atoms with Gasteiger partial charge >= 0.3 is 5.97 Å². The minimum atomic E-state index is -1.34. The van der Waals surface area contributed by atoms with Gasteiger partial charge in [-0.1, -0.05) is 7.43 Å². The molecule has 2 saturated heterocycles. The summed E-state index contributed by atoms with van der Waals surface area (Å²) in [6.07, 6.45) is 6.18. The van der Waals surface area contributed by atoms with Crippen LogP contribution in [0.4, 0.5) is 20.2 Å². The molecule has 0 radical (unpaired) electrons. The summed E-state index contributed by atoms with van der Waals surface area (Å²) in [7, 11) is 5.17. The number of benzene rings is 1. The van der Waals surface area contributed by atoms with Gasteiger partial charge in [-0.25, -0.2) is 18.6 Å². The number of aromatic nitrogens is 3. The van der Waals surface area contributed by atoms with Gasteiger partial charge in [0.25, 0.3) is 0 Å². The van der Waals surface area contributed by atoms with Crippen molar-refractivity contribution in [2.24, 2.45) is 13.0 Å². The lowest BCUT2D eigenvalue weighted by Gasteiger charge is -2.31. The lowest BCUT2D eigenvalue weighted by atomic mass is 9.96. The van der Waals surface area contributed by atoms with E-state index in [4.69, 9.17) is 4.98 Å². The summed E-state index contributed by atoms with van der Waals surface area (Å²) in [4.78, 5) is 51.6. The van der Waals surface area contributed by atoms with Gasteiger partial charge in [-0.05, 0) is 31.0 Å². The molecule has 1 amide bonds. The van der Waals surface area contributed by atoms with Crippen LogP contribution >= 0.6 is 0 Å². The van der Waals surface area contributed by atoms with Crippen LogP contribution in [0, 0.1) is 17.6 Å². The maximum absolute atomic E-state index is 15.8. The smallest absolute Gasteiger partial charge is 0.341 e. The second kappa shape index (κ2) is 10.5. The van der Waals surface area contributed by atoms with Crippen LogP contribution in [-0.4, -0.2) is 76.7 Å². The number of likely N-dealkylation sites (tertiary alicyclic amines) is 1. The number of amides is 1. The van der Waals surface area contributed by atoms with E-state index in [9.17, 15) is 19.5 Å². The standard InChI is InChI=1S/C31H28F2N6O4.CH4/c1-36-11-15-4-5-39(24(15)13-36)28-19(16-6-18-29(41)20(31(42)43)12-37(2)30(18)35-9-16)10-34-22-7-17-23(38(3)14-40)8-21(32)27(33)25(17)26(22)28;/h6,8-10,12,14-15,24H,4-5,7,11,13H2,1-3H3,(H,42,43);1H4/t15-,24+;/m0./s1. The summed E-state index contributed by atoms with van der Waals surface area (Å²) in [5, 5.41) is 9.74. The second-order valence-corrected chi connectivity index (χ2v) is 11.7. The number of rotatable bonds is 5. The summed E-state index contributed by atoms with van der Waals surface area (Å²) in [6.45, 7) is 2.40. The molecular formula is C32H32F2N6O4. The molecule has 2 aliphatic heterocycles. The van der Waals surface area contributed by atoms with E-state index >= 15 is 8.78 Å². The van der Waals surface area contributed by atoms with Gasteiger partial charge in [0, 0.05) is 93.1 Å². The Morgan fingerprint density at radius 3 is 2.64 bits per heavy atom. The summed E-state index contributed by atoms with van der Waals surface area (Å²) in [5.74, 6) is -3.03. The van der Waals surface area contributed by atoms with Gasteiger partial charge in [-0.15, -0.1) is 0 Å². The second-order valence-electron chi connectivity index (χ2n) is 11.7. The summed E-state index contributed by atoms with van der Waals surface area (Å²) in [5.41, 5.74) is 2.87. The topological polar surface area (TPSA) is 112 Å². The Kier molecular flexibility index (Phi) is 6.99. The number of carboxylic acid groups (broad SMARTS) is 1. The Morgan fingerprint density at radius 2 is 1.91 bits per heavy atom. The predicted molar refractivity (Wildman–Crippen MR) is 163 cm³/mol. The van der Waals surface area contributed by atoms with E-state index in [-0.39, 0.29) is 42.1 Å². The number of carbonyl (C=O) groups is 2. The zero-order valence-electron chi connectivity index (χ0n) is 23.8. The fraction of sp³-hybridized carbons (Fsp3) is 0.344. The highest BCUT2D eigenvalue weighted by Gasteiger charge is 2.43. The molecule has 5 heterocycles. The lowest BCUT2D eigenvalue weighted by Crippen LogP contribution is -2.35. The number of nitrogens with zero attached hydrogens (tertiary/aromatic N) is 6. The first kappa shape index (κ1) is 29.4. The van der Waals surface area contributed by atoms with Crippen LogP contribution in [0.2, 0.25) is 0 Å². The molecule has 4 aromatic rings. The molecule has 0 spiro atoms. The molecule has 1 aromatic carbocycles. The number of pyridine rings is 3. The molecule has 10 nitrogen and oxygen atoms in total. The highest BCUT2D eigenvalue weighted by molar-refractivity contribution is 5.99. The number of halogens is 2. The number of aryl methyl sites for hydroxylation is 1. The number of fused-ring (bicyclic) bond motifs is 5. The van der Waals surface area contributed by atoms with E-state index < -0.39 is 23.0 Å². The van der Waals surface area contributed by atoms with E-state index in [0.29, 0.717) is 58.2 Å². The van der Waals surface area contributed by atoms with Crippen molar-refractivity contribution >= 4 is 34.8 Å². The highest BCUT2D eigenvalue weighted by Crippen LogP contribution is 2.52. The summed E-state index contributed by atoms with van der Waals surface area (Å²) in [6, 6.07) is 2.76. The van der Waals surface area contributed by atoms with Gasteiger partial charge < -0.3 is 24.4 Å². The Bertz CT molecular complexity index is 1940. The first-order chi connectivity index (χ1) is 20.6. The molecule has 12 heteroatoms. The molecule has 3 aliphatic rings. The van der Waals surface area contributed by atoms with E-state index in [1.165, 1.54) is 22.7 Å². The van der Waals surface area contributed by atoms with Gasteiger partial charge in [0.15, 0.2) is 11.6 Å². The molecule has 0 bridgehead atoms. The van der Waals surface area contributed by atoms with E-state index in [0.717, 1.165) is 25.6 Å². The quantitative estimate of drug-likeness (QED) is 0.302. The van der Waals surface area contributed by atoms with Crippen LogP contribution in [0.3, 0.4) is 0 Å². The van der Waals surface area contributed by atoms with Crippen molar-refractivity contribution in [3.8, 4) is 22.3 Å². The van der Waals surface area contributed by atoms with Gasteiger partial charge in [-0.2, -0.15) is 0 Å². The van der Waals surface area contributed by atoms with Crippen molar-refractivity contribution in [2.45, 2.75) is 26.3 Å². The lowest BCUT2D eigenvalue weighted by molar-refractivity contribution is -0.107. The molecule has 3 aromatic heterocycles. The van der Waals surface area contributed by atoms with E-state index in [2.05, 4.69) is 21.8 Å². The van der Waals surface area contributed by atoms with Crippen LogP contribution in [0.25, 0.3) is 33.3 Å². The number of hydrogen-bond donors (Lipinski definition) is 1. The first-order valence-corrected chi connectivity index (χ1v) is 14.0. The van der Waals surface area contributed by atoms with Crippen molar-refractivity contribution in [3.63, 3.8) is 0 Å². The average Bonchev–Trinajstić information content (AvgIpc) is 3.67. The van der Waals surface area contributed by atoms with Crippen molar-refractivity contribution in [1.82, 2.24) is 19.4 Å². The Hall–Kier alpha value is -4.71. The fourth-order valence-corrected chi connectivity index (χ4v) is 7.19. The van der Waals surface area contributed by atoms with Crippen molar-refractivity contribution in [3.05, 3.63) is 69.4 Å². The van der Waals surface area contributed by atoms with Gasteiger partial charge in [-0.3, -0.25) is 14.6 Å². The van der Waals surface area contributed by atoms with Crippen LogP contribution in [0.5, 0.6) is 0 Å². The number of carbonyl (C=O) groups excluding carboxylic acids is 1. The Balaban J connectivity index is 0.00000343. The maximum Gasteiger partial charge on any atom is 0.341 e. The first-order valence-electron chi connectivity index (χ1n) is 14.0. The van der Waals surface area contributed by atoms with Gasteiger partial charge in [0.1, 0.15) is 11.2 Å². The third kappa shape index (κ3) is 4.19. The largest absolute Gasteiger partial charge is 0.477 e. The van der Waals surface area contributed by atoms with E-state index in [1.54, 1.807) is 25.5 Å². The predicted octanol–water partition coefficient (Wildman–Crippen LogP) is 3.91. The van der Waals surface area contributed by atoms with Gasteiger partial charge in [0.2, 0.25) is 11.8 Å². The molecule has 2 atom stereocenters. The molecule has 7 rings (SSSR count). The van der Waals surface area contributed by atoms with Crippen LogP contribution in [0.1, 0.15) is 35.5 Å². The van der Waals surface area contributed by atoms with Crippen molar-refractivity contribution < 1.29 is 23.5 Å². The molecule has 44 heavy (non-hydrogen) atoms. The summed E-state index contributed by atoms with van der Waals surface area (Å²) >= 11 is 0. The number of likely N-dealkylation sites (N-methyl/N-ethyl adjacent to an activating group) is 1. The molecule has 1 N–H and O–H groups in total. The highest BCUT2D eigenvalue weighted by atomic mass is 19.2. The summed E-state index contributed by atoms with van der Waals surface area (Å²) < 4.78 is 32.5. The number of anilines is 2. The molecular weight excluding hydrogens is 570 g/mol. The SMILES string of the molecule is C.CN1C[C@@H]2CCN(c3c(-c4cnc5c(c4)c(=O)c(C(=O)O)cn5C)cnc4c3-c3c(F)c(F)cc(N(C)C=O)c3C4)[C@@H]2C1. The third-order valence-electron chi connectivity index (χ3n) is 9.14. The van der Waals surface area contributed by atoms with Crippen LogP contribution < -0.4 is 15.2 Å². The molecule has 2 fully saturated rings. The zero-order chi connectivity index (χ0) is 30.3. The minimum Gasteiger partial charge on any atom is -0.477 e. The number of aromatic carboxylic acids is 1. The van der Waals surface area contributed by atoms with E-state index in [1.807, 2.05) is 0 Å². The van der Waals surface area contributed by atoms with Crippen molar-refractivity contribution in [2.75, 3.05) is 43.5 Å². The number of carboxylic acids is 1. The molecule has 1 aliphatic carbocycles. The fourth-order valence-electron chi connectivity index (χ4n) is 7.19.